The smallest absolute Gasteiger partial charge is 0.480 e. The molecule has 12 heteroatoms. The molecule has 2 N–H and O–H groups in total. The van der Waals surface area contributed by atoms with Crippen LogP contribution in [0.15, 0.2) is 18.2 Å². The highest BCUT2D eigenvalue weighted by molar-refractivity contribution is 5.74. The van der Waals surface area contributed by atoms with Gasteiger partial charge in [0.25, 0.3) is 0 Å². The molecule has 0 saturated carbocycles. The van der Waals surface area contributed by atoms with Gasteiger partial charge in [-0.25, -0.2) is 14.4 Å². The van der Waals surface area contributed by atoms with Crippen LogP contribution in [0.25, 0.3) is 0 Å². The molecule has 0 bridgehead atoms. The number of hydrogen-bond acceptors (Lipinski definition) is 11. The molecule has 0 saturated heterocycles. The summed E-state index contributed by atoms with van der Waals surface area (Å²) in [5.41, 5.74) is 0.460. The highest BCUT2D eigenvalue weighted by Crippen LogP contribution is 2.30. The van der Waals surface area contributed by atoms with Crippen LogP contribution in [0.5, 0.6) is 11.5 Å². The van der Waals surface area contributed by atoms with Crippen LogP contribution < -0.4 is 14.8 Å². The summed E-state index contributed by atoms with van der Waals surface area (Å²) >= 11 is 0. The Hall–Kier alpha value is -3.54. The van der Waals surface area contributed by atoms with Crippen molar-refractivity contribution in [3.63, 3.8) is 0 Å². The van der Waals surface area contributed by atoms with E-state index in [0.717, 1.165) is 12.8 Å². The van der Waals surface area contributed by atoms with Crippen molar-refractivity contribution in [1.82, 2.24) is 5.32 Å². The molecule has 0 amide bonds. The van der Waals surface area contributed by atoms with E-state index in [1.54, 1.807) is 6.92 Å². The minimum atomic E-state index is -1.15. The van der Waals surface area contributed by atoms with Gasteiger partial charge in [0.2, 0.25) is 0 Å². The van der Waals surface area contributed by atoms with Gasteiger partial charge in [0.1, 0.15) is 12.1 Å². The van der Waals surface area contributed by atoms with E-state index in [1.165, 1.54) is 18.2 Å². The van der Waals surface area contributed by atoms with Gasteiger partial charge in [-0.1, -0.05) is 60.5 Å². The minimum absolute atomic E-state index is 0.0299. The van der Waals surface area contributed by atoms with E-state index >= 15 is 0 Å². The quantitative estimate of drug-likeness (QED) is 0.116. The molecule has 0 fully saturated rings. The third-order valence-electron chi connectivity index (χ3n) is 6.36. The largest absolute Gasteiger partial charge is 0.513 e. The number of carbonyl (C=O) groups is 4. The van der Waals surface area contributed by atoms with Crippen LogP contribution in [0, 0.1) is 17.8 Å². The van der Waals surface area contributed by atoms with Gasteiger partial charge in [-0.2, -0.15) is 0 Å². The minimum Gasteiger partial charge on any atom is -0.480 e. The molecule has 1 aromatic carbocycles. The summed E-state index contributed by atoms with van der Waals surface area (Å²) < 4.78 is 31.1. The van der Waals surface area contributed by atoms with E-state index in [9.17, 15) is 24.3 Å². The van der Waals surface area contributed by atoms with Gasteiger partial charge in [-0.3, -0.25) is 4.79 Å². The second-order valence-electron chi connectivity index (χ2n) is 10.8. The molecule has 12 nitrogen and oxygen atoms in total. The number of benzene rings is 1. The molecule has 0 radical (unpaired) electrons. The highest BCUT2D eigenvalue weighted by Gasteiger charge is 2.23. The third-order valence-corrected chi connectivity index (χ3v) is 6.36. The maximum Gasteiger partial charge on any atom is 0.513 e. The first-order valence-corrected chi connectivity index (χ1v) is 14.5. The molecular formula is C30H47NO11. The lowest BCUT2D eigenvalue weighted by atomic mass is 10.0. The zero-order chi connectivity index (χ0) is 31.7. The Labute approximate surface area is 248 Å². The average molecular weight is 598 g/mol. The molecule has 0 aliphatic rings. The highest BCUT2D eigenvalue weighted by atomic mass is 16.7. The Morgan fingerprint density at radius 3 is 1.90 bits per heavy atom. The monoisotopic (exact) mass is 597 g/mol. The summed E-state index contributed by atoms with van der Waals surface area (Å²) in [6.07, 6.45) is -1.17. The van der Waals surface area contributed by atoms with Gasteiger partial charge >= 0.3 is 24.4 Å². The van der Waals surface area contributed by atoms with Crippen LogP contribution in [0.3, 0.4) is 0 Å². The van der Waals surface area contributed by atoms with E-state index in [1.807, 2.05) is 41.5 Å². The zero-order valence-corrected chi connectivity index (χ0v) is 25.8. The fourth-order valence-electron chi connectivity index (χ4n) is 3.15. The Morgan fingerprint density at radius 1 is 0.810 bits per heavy atom. The molecule has 1 aromatic rings. The number of ether oxygens (including phenoxy) is 6. The Morgan fingerprint density at radius 2 is 1.38 bits per heavy atom. The normalized spacial score (nSPS) is 13.8. The fraction of sp³-hybridized carbons (Fsp3) is 0.667. The van der Waals surface area contributed by atoms with E-state index in [2.05, 4.69) is 5.32 Å². The van der Waals surface area contributed by atoms with E-state index < -0.39 is 36.6 Å². The third kappa shape index (κ3) is 15.5. The van der Waals surface area contributed by atoms with Crippen molar-refractivity contribution in [2.24, 2.45) is 17.8 Å². The SMILES string of the molecule is CCC(C)COC(=O)Oc1ccc(C[C@H](NCC(C)OC(=O)OCCC(C)C)C(=O)O)cc1OC(=O)OCC(C)CC. The lowest BCUT2D eigenvalue weighted by Gasteiger charge is -2.19. The van der Waals surface area contributed by atoms with Crippen LogP contribution in [0.2, 0.25) is 0 Å². The molecule has 4 atom stereocenters. The predicted octanol–water partition coefficient (Wildman–Crippen LogP) is 5.98. The first-order valence-electron chi connectivity index (χ1n) is 14.5. The van der Waals surface area contributed by atoms with Crippen molar-refractivity contribution in [1.29, 1.82) is 0 Å². The van der Waals surface area contributed by atoms with E-state index in [-0.39, 0.29) is 56.1 Å². The number of aliphatic carboxylic acids is 1. The molecular weight excluding hydrogens is 550 g/mol. The lowest BCUT2D eigenvalue weighted by Crippen LogP contribution is -2.42. The van der Waals surface area contributed by atoms with Crippen LogP contribution in [-0.2, 0) is 30.2 Å². The van der Waals surface area contributed by atoms with E-state index in [4.69, 9.17) is 28.4 Å². The molecule has 0 aliphatic heterocycles. The van der Waals surface area contributed by atoms with Gasteiger partial charge in [-0.15, -0.1) is 0 Å². The second-order valence-corrected chi connectivity index (χ2v) is 10.8. The average Bonchev–Trinajstić information content (AvgIpc) is 2.93. The molecule has 238 valence electrons. The first-order chi connectivity index (χ1) is 19.8. The van der Waals surface area contributed by atoms with Crippen molar-refractivity contribution in [3.05, 3.63) is 23.8 Å². The summed E-state index contributed by atoms with van der Waals surface area (Å²) in [7, 11) is 0. The molecule has 0 heterocycles. The molecule has 1 rings (SSSR count). The number of hydrogen-bond donors (Lipinski definition) is 2. The Kier molecular flexibility index (Phi) is 17.0. The summed E-state index contributed by atoms with van der Waals surface area (Å²) in [4.78, 5) is 48.4. The Balaban J connectivity index is 2.94. The molecule has 0 aliphatic carbocycles. The maximum atomic E-state index is 12.4. The van der Waals surface area contributed by atoms with Gasteiger partial charge < -0.3 is 38.8 Å². The standard InChI is InChI=1S/C30H47NO11/c1-8-20(5)17-38-29(35)41-25-11-10-23(15-26(25)42-30(36)39-18-21(6)9-2)14-24(27(32)33)31-16-22(7)40-28(34)37-13-12-19(3)4/h10-11,15,19-22,24,31H,8-9,12-14,16-18H2,1-7H3,(H,32,33)/t20?,21?,22?,24-/m0/s1. The van der Waals surface area contributed by atoms with E-state index in [0.29, 0.717) is 17.9 Å². The lowest BCUT2D eigenvalue weighted by molar-refractivity contribution is -0.139. The van der Waals surface area contributed by atoms with Gasteiger partial charge in [-0.05, 0) is 55.2 Å². The summed E-state index contributed by atoms with van der Waals surface area (Å²) in [6, 6.07) is 3.24. The number of carbonyl (C=O) groups excluding carboxylic acids is 3. The van der Waals surface area contributed by atoms with Crippen LogP contribution >= 0.6 is 0 Å². The van der Waals surface area contributed by atoms with Gasteiger partial charge in [0.15, 0.2) is 11.5 Å². The topological polar surface area (TPSA) is 156 Å². The Bertz CT molecular complexity index is 997. The predicted molar refractivity (Wildman–Crippen MR) is 154 cm³/mol. The molecule has 0 aromatic heterocycles. The number of carboxylic acid groups (broad SMARTS) is 1. The second kappa shape index (κ2) is 19.6. The first kappa shape index (κ1) is 36.5. The number of nitrogens with one attached hydrogen (secondary N) is 1. The summed E-state index contributed by atoms with van der Waals surface area (Å²) in [6.45, 7) is 14.0. The number of rotatable bonds is 18. The van der Waals surface area contributed by atoms with Crippen molar-refractivity contribution in [2.45, 2.75) is 86.3 Å². The van der Waals surface area contributed by atoms with Gasteiger partial charge in [0, 0.05) is 6.54 Å². The van der Waals surface area contributed by atoms with Crippen LogP contribution in [0.4, 0.5) is 14.4 Å². The van der Waals surface area contributed by atoms with Crippen molar-refractivity contribution in [2.75, 3.05) is 26.4 Å². The summed E-state index contributed by atoms with van der Waals surface area (Å²) in [5.74, 6) is -0.746. The van der Waals surface area contributed by atoms with Crippen molar-refractivity contribution < 1.29 is 52.7 Å². The fourth-order valence-corrected chi connectivity index (χ4v) is 3.15. The van der Waals surface area contributed by atoms with Gasteiger partial charge in [0.05, 0.1) is 19.8 Å². The van der Waals surface area contributed by atoms with Crippen LogP contribution in [-0.4, -0.2) is 68.1 Å². The van der Waals surface area contributed by atoms with Crippen molar-refractivity contribution >= 4 is 24.4 Å². The number of carboxylic acids is 1. The molecule has 0 spiro atoms. The maximum absolute atomic E-state index is 12.4. The molecule has 42 heavy (non-hydrogen) atoms. The summed E-state index contributed by atoms with van der Waals surface area (Å²) in [5, 5.41) is 12.6. The van der Waals surface area contributed by atoms with Crippen LogP contribution in [0.1, 0.15) is 73.3 Å². The molecule has 3 unspecified atom stereocenters. The zero-order valence-electron chi connectivity index (χ0n) is 25.8. The van der Waals surface area contributed by atoms with Crippen molar-refractivity contribution in [3.8, 4) is 11.5 Å².